The molecule has 2 fully saturated rings. The first-order chi connectivity index (χ1) is 5.83. The van der Waals surface area contributed by atoms with Gasteiger partial charge in [0.25, 0.3) is 0 Å². The van der Waals surface area contributed by atoms with E-state index in [4.69, 9.17) is 4.74 Å². The fourth-order valence-corrected chi connectivity index (χ4v) is 2.09. The van der Waals surface area contributed by atoms with Gasteiger partial charge in [-0.05, 0) is 19.3 Å². The van der Waals surface area contributed by atoms with E-state index >= 15 is 0 Å². The Kier molecular flexibility index (Phi) is 1.79. The number of fused-ring (bicyclic) bond motifs is 1. The largest absolute Gasteiger partial charge is 0.447 e. The lowest BCUT2D eigenvalue weighted by atomic mass is 10.1. The van der Waals surface area contributed by atoms with Crippen LogP contribution in [-0.2, 0) is 4.74 Å². The monoisotopic (exact) mass is 167 g/mol. The van der Waals surface area contributed by atoms with Crippen LogP contribution in [0.2, 0.25) is 0 Å². The second-order valence-electron chi connectivity index (χ2n) is 3.39. The van der Waals surface area contributed by atoms with Crippen LogP contribution in [0.15, 0.2) is 12.7 Å². The maximum atomic E-state index is 11.2. The van der Waals surface area contributed by atoms with Crippen molar-refractivity contribution in [3.8, 4) is 0 Å². The molecule has 12 heavy (non-hydrogen) atoms. The Morgan fingerprint density at radius 2 is 2.50 bits per heavy atom. The van der Waals surface area contributed by atoms with Crippen molar-refractivity contribution >= 4 is 6.09 Å². The SMILES string of the molecule is C=CC[C@@H]1CC[C@H]2COC(=O)N12. The average Bonchev–Trinajstić information content (AvgIpc) is 2.58. The predicted molar refractivity (Wildman–Crippen MR) is 44.8 cm³/mol. The van der Waals surface area contributed by atoms with Crippen LogP contribution in [0.5, 0.6) is 0 Å². The second-order valence-corrected chi connectivity index (χ2v) is 3.39. The van der Waals surface area contributed by atoms with Gasteiger partial charge in [0.2, 0.25) is 0 Å². The summed E-state index contributed by atoms with van der Waals surface area (Å²) >= 11 is 0. The summed E-state index contributed by atoms with van der Waals surface area (Å²) in [6, 6.07) is 0.699. The first kappa shape index (κ1) is 7.65. The van der Waals surface area contributed by atoms with Crippen LogP contribution < -0.4 is 0 Å². The summed E-state index contributed by atoms with van der Waals surface area (Å²) in [4.78, 5) is 13.1. The van der Waals surface area contributed by atoms with Crippen molar-refractivity contribution in [1.82, 2.24) is 4.90 Å². The summed E-state index contributed by atoms with van der Waals surface area (Å²) in [6.07, 6.45) is 4.82. The molecule has 0 unspecified atom stereocenters. The number of carbonyl (C=O) groups excluding carboxylic acids is 1. The Morgan fingerprint density at radius 3 is 3.25 bits per heavy atom. The summed E-state index contributed by atoms with van der Waals surface area (Å²) in [6.45, 7) is 4.27. The number of nitrogens with zero attached hydrogens (tertiary/aromatic N) is 1. The van der Waals surface area contributed by atoms with Crippen LogP contribution in [0.25, 0.3) is 0 Å². The zero-order valence-electron chi connectivity index (χ0n) is 7.03. The number of hydrogen-bond donors (Lipinski definition) is 0. The van der Waals surface area contributed by atoms with Crippen molar-refractivity contribution in [3.05, 3.63) is 12.7 Å². The van der Waals surface area contributed by atoms with Gasteiger partial charge >= 0.3 is 6.09 Å². The highest BCUT2D eigenvalue weighted by Crippen LogP contribution is 2.31. The maximum Gasteiger partial charge on any atom is 0.410 e. The zero-order chi connectivity index (χ0) is 8.55. The van der Waals surface area contributed by atoms with Crippen LogP contribution in [0, 0.1) is 0 Å². The minimum absolute atomic E-state index is 0.135. The lowest BCUT2D eigenvalue weighted by Crippen LogP contribution is -2.34. The van der Waals surface area contributed by atoms with Gasteiger partial charge < -0.3 is 4.74 Å². The molecule has 0 aromatic carbocycles. The van der Waals surface area contributed by atoms with Gasteiger partial charge in [-0.3, -0.25) is 4.90 Å². The summed E-state index contributed by atoms with van der Waals surface area (Å²) < 4.78 is 4.95. The Labute approximate surface area is 72.0 Å². The summed E-state index contributed by atoms with van der Waals surface area (Å²) in [5.41, 5.74) is 0. The molecule has 2 atom stereocenters. The molecule has 66 valence electrons. The van der Waals surface area contributed by atoms with Gasteiger partial charge in [0.15, 0.2) is 0 Å². The van der Waals surface area contributed by atoms with Crippen molar-refractivity contribution in [2.24, 2.45) is 0 Å². The molecule has 2 rings (SSSR count). The summed E-state index contributed by atoms with van der Waals surface area (Å²) in [5, 5.41) is 0. The lowest BCUT2D eigenvalue weighted by Gasteiger charge is -2.19. The Morgan fingerprint density at radius 1 is 1.67 bits per heavy atom. The topological polar surface area (TPSA) is 29.5 Å². The van der Waals surface area contributed by atoms with Crippen LogP contribution in [0.3, 0.4) is 0 Å². The molecule has 2 saturated heterocycles. The molecule has 0 aliphatic carbocycles. The number of amides is 1. The third-order valence-electron chi connectivity index (χ3n) is 2.67. The molecule has 0 N–H and O–H groups in total. The van der Waals surface area contributed by atoms with Gasteiger partial charge in [-0.1, -0.05) is 6.08 Å². The van der Waals surface area contributed by atoms with Crippen molar-refractivity contribution in [2.45, 2.75) is 31.3 Å². The van der Waals surface area contributed by atoms with Gasteiger partial charge in [-0.15, -0.1) is 6.58 Å². The Hall–Kier alpha value is -0.990. The number of ether oxygens (including phenoxy) is 1. The van der Waals surface area contributed by atoms with E-state index < -0.39 is 0 Å². The van der Waals surface area contributed by atoms with Crippen LogP contribution in [-0.4, -0.2) is 29.7 Å². The summed E-state index contributed by atoms with van der Waals surface area (Å²) in [7, 11) is 0. The highest BCUT2D eigenvalue weighted by Gasteiger charge is 2.42. The van der Waals surface area contributed by atoms with Gasteiger partial charge in [0, 0.05) is 6.04 Å². The third kappa shape index (κ3) is 1.00. The molecule has 0 bridgehead atoms. The molecule has 2 heterocycles. The second kappa shape index (κ2) is 2.81. The molecule has 3 nitrogen and oxygen atoms in total. The first-order valence-electron chi connectivity index (χ1n) is 4.39. The van der Waals surface area contributed by atoms with Gasteiger partial charge in [0.1, 0.15) is 6.61 Å². The highest BCUT2D eigenvalue weighted by atomic mass is 16.6. The average molecular weight is 167 g/mol. The van der Waals surface area contributed by atoms with Gasteiger partial charge in [0.05, 0.1) is 6.04 Å². The molecule has 0 spiro atoms. The van der Waals surface area contributed by atoms with Crippen molar-refractivity contribution in [3.63, 3.8) is 0 Å². The highest BCUT2D eigenvalue weighted by molar-refractivity contribution is 5.71. The molecule has 2 aliphatic heterocycles. The van der Waals surface area contributed by atoms with Crippen molar-refractivity contribution < 1.29 is 9.53 Å². The maximum absolute atomic E-state index is 11.2. The zero-order valence-corrected chi connectivity index (χ0v) is 7.03. The quantitative estimate of drug-likeness (QED) is 0.584. The molecule has 2 aliphatic rings. The predicted octanol–water partition coefficient (Wildman–Crippen LogP) is 1.55. The molecular formula is C9H13NO2. The van der Waals surface area contributed by atoms with E-state index in [1.54, 1.807) is 0 Å². The molecule has 3 heteroatoms. The third-order valence-corrected chi connectivity index (χ3v) is 2.67. The van der Waals surface area contributed by atoms with E-state index in [1.165, 1.54) is 0 Å². The molecule has 1 amide bonds. The van der Waals surface area contributed by atoms with Crippen LogP contribution in [0.1, 0.15) is 19.3 Å². The Balaban J connectivity index is 2.08. The van der Waals surface area contributed by atoms with Crippen LogP contribution >= 0.6 is 0 Å². The van der Waals surface area contributed by atoms with E-state index in [0.29, 0.717) is 18.7 Å². The fraction of sp³-hybridized carbons (Fsp3) is 0.667. The van der Waals surface area contributed by atoms with Crippen molar-refractivity contribution in [2.75, 3.05) is 6.61 Å². The van der Waals surface area contributed by atoms with Crippen molar-refractivity contribution in [1.29, 1.82) is 0 Å². The Bertz CT molecular complexity index is 215. The van der Waals surface area contributed by atoms with Gasteiger partial charge in [-0.2, -0.15) is 0 Å². The number of rotatable bonds is 2. The molecule has 0 radical (unpaired) electrons. The molecular weight excluding hydrogens is 154 g/mol. The normalized spacial score (nSPS) is 33.3. The van der Waals surface area contributed by atoms with Gasteiger partial charge in [-0.25, -0.2) is 4.79 Å². The minimum Gasteiger partial charge on any atom is -0.447 e. The number of cyclic esters (lactones) is 1. The molecule has 0 aromatic heterocycles. The fourth-order valence-electron chi connectivity index (χ4n) is 2.09. The summed E-state index contributed by atoms with van der Waals surface area (Å²) in [5.74, 6) is 0. The number of hydrogen-bond acceptors (Lipinski definition) is 2. The van der Waals surface area contributed by atoms with E-state index in [9.17, 15) is 4.79 Å². The van der Waals surface area contributed by atoms with E-state index in [2.05, 4.69) is 6.58 Å². The smallest absolute Gasteiger partial charge is 0.410 e. The molecule has 0 saturated carbocycles. The van der Waals surface area contributed by atoms with E-state index in [0.717, 1.165) is 19.3 Å². The standard InChI is InChI=1S/C9H13NO2/c1-2-3-7-4-5-8-6-12-9(11)10(7)8/h2,7-8H,1,3-6H2/t7-,8+/m1/s1. The first-order valence-corrected chi connectivity index (χ1v) is 4.39. The molecule has 0 aromatic rings. The number of carbonyl (C=O) groups is 1. The van der Waals surface area contributed by atoms with E-state index in [1.807, 2.05) is 11.0 Å². The minimum atomic E-state index is -0.135. The lowest BCUT2D eigenvalue weighted by molar-refractivity contribution is 0.150. The van der Waals surface area contributed by atoms with Crippen LogP contribution in [0.4, 0.5) is 4.79 Å². The van der Waals surface area contributed by atoms with E-state index in [-0.39, 0.29) is 6.09 Å².